The van der Waals surface area contributed by atoms with Gasteiger partial charge in [-0.2, -0.15) is 0 Å². The van der Waals surface area contributed by atoms with E-state index in [2.05, 4.69) is 50.0 Å². The Kier molecular flexibility index (Phi) is 5.28. The fraction of sp³-hybridized carbons (Fsp3) is 0.565. The second-order valence-corrected chi connectivity index (χ2v) is 8.49. The highest BCUT2D eigenvalue weighted by atomic mass is 15.3. The molecule has 3 aliphatic rings. The maximum Gasteiger partial charge on any atom is 0.135 e. The third kappa shape index (κ3) is 3.78. The summed E-state index contributed by atoms with van der Waals surface area (Å²) in [4.78, 5) is 17.2. The van der Waals surface area contributed by atoms with Crippen molar-refractivity contribution >= 4 is 5.82 Å². The monoisotopic (exact) mass is 377 g/mol. The van der Waals surface area contributed by atoms with Gasteiger partial charge in [-0.25, -0.2) is 9.97 Å². The highest BCUT2D eigenvalue weighted by Gasteiger charge is 2.29. The molecule has 0 amide bonds. The second kappa shape index (κ2) is 8.18. The molecule has 148 valence electrons. The largest absolute Gasteiger partial charge is 0.354 e. The minimum absolute atomic E-state index is 0.858. The summed E-state index contributed by atoms with van der Waals surface area (Å²) in [5, 5.41) is 0. The maximum absolute atomic E-state index is 4.75. The van der Waals surface area contributed by atoms with Crippen LogP contribution < -0.4 is 4.90 Å². The lowest BCUT2D eigenvalue weighted by Gasteiger charge is -2.43. The van der Waals surface area contributed by atoms with E-state index >= 15 is 0 Å². The molecule has 1 aromatic carbocycles. The van der Waals surface area contributed by atoms with Crippen molar-refractivity contribution < 1.29 is 0 Å². The summed E-state index contributed by atoms with van der Waals surface area (Å²) < 4.78 is 0. The number of hydrogen-bond donors (Lipinski definition) is 0. The van der Waals surface area contributed by atoms with Crippen LogP contribution in [0.2, 0.25) is 0 Å². The van der Waals surface area contributed by atoms with Gasteiger partial charge in [0.1, 0.15) is 12.1 Å². The Morgan fingerprint density at radius 3 is 2.39 bits per heavy atom. The Hall–Kier alpha value is -1.98. The van der Waals surface area contributed by atoms with Crippen LogP contribution >= 0.6 is 0 Å². The van der Waals surface area contributed by atoms with Gasteiger partial charge in [0.2, 0.25) is 0 Å². The fourth-order valence-electron chi connectivity index (χ4n) is 4.88. The van der Waals surface area contributed by atoms with E-state index in [0.717, 1.165) is 51.6 Å². The van der Waals surface area contributed by atoms with Gasteiger partial charge in [-0.1, -0.05) is 36.8 Å². The minimum atomic E-state index is 0.858. The van der Waals surface area contributed by atoms with Gasteiger partial charge < -0.3 is 4.90 Å². The molecule has 0 atom stereocenters. The van der Waals surface area contributed by atoms with E-state index in [1.54, 1.807) is 6.33 Å². The van der Waals surface area contributed by atoms with E-state index in [9.17, 15) is 0 Å². The van der Waals surface area contributed by atoms with Crippen LogP contribution in [0.25, 0.3) is 0 Å². The lowest BCUT2D eigenvalue weighted by molar-refractivity contribution is 0.120. The van der Waals surface area contributed by atoms with E-state index in [-0.39, 0.29) is 0 Å². The molecule has 2 aromatic rings. The molecular weight excluding hydrogens is 346 g/mol. The molecule has 2 fully saturated rings. The van der Waals surface area contributed by atoms with Gasteiger partial charge in [0.05, 0.1) is 5.69 Å². The highest BCUT2D eigenvalue weighted by Crippen LogP contribution is 2.28. The predicted molar refractivity (Wildman–Crippen MR) is 113 cm³/mol. The molecule has 3 heterocycles. The van der Waals surface area contributed by atoms with Crippen LogP contribution in [0.3, 0.4) is 0 Å². The smallest absolute Gasteiger partial charge is 0.135 e. The molecule has 5 nitrogen and oxygen atoms in total. The molecule has 5 rings (SSSR count). The van der Waals surface area contributed by atoms with Gasteiger partial charge in [-0.15, -0.1) is 0 Å². The normalized spacial score (nSPS) is 21.8. The predicted octanol–water partition coefficient (Wildman–Crippen LogP) is 2.75. The molecular formula is C23H31N5. The topological polar surface area (TPSA) is 35.5 Å². The Labute approximate surface area is 168 Å². The Morgan fingerprint density at radius 1 is 0.857 bits per heavy atom. The minimum Gasteiger partial charge on any atom is -0.354 e. The van der Waals surface area contributed by atoms with E-state index in [1.807, 2.05) is 0 Å². The molecule has 5 heteroatoms. The van der Waals surface area contributed by atoms with Crippen LogP contribution in [-0.4, -0.2) is 65.1 Å². The number of anilines is 1. The summed E-state index contributed by atoms with van der Waals surface area (Å²) in [6, 6.07) is 11.7. The molecule has 1 saturated heterocycles. The molecule has 28 heavy (non-hydrogen) atoms. The summed E-state index contributed by atoms with van der Waals surface area (Å²) in [5.74, 6) is 1.21. The SMILES string of the molecule is c1ccc(CN2CCc3ncnc(N4CCN(C5CCC5)CC4)c3CC2)cc1. The lowest BCUT2D eigenvalue weighted by Crippen LogP contribution is -2.52. The van der Waals surface area contributed by atoms with Crippen molar-refractivity contribution in [1.82, 2.24) is 19.8 Å². The standard InChI is InChI=1S/C23H31N5/c1-2-5-19(6-3-1)17-26-11-9-21-22(10-12-26)24-18-25-23(21)28-15-13-27(14-16-28)20-7-4-8-20/h1-3,5-6,18,20H,4,7-17H2. The van der Waals surface area contributed by atoms with E-state index in [0.29, 0.717) is 0 Å². The van der Waals surface area contributed by atoms with Gasteiger partial charge in [0.25, 0.3) is 0 Å². The first kappa shape index (κ1) is 18.1. The van der Waals surface area contributed by atoms with Crippen molar-refractivity contribution in [1.29, 1.82) is 0 Å². The summed E-state index contributed by atoms with van der Waals surface area (Å²) in [5.41, 5.74) is 4.06. The second-order valence-electron chi connectivity index (χ2n) is 8.49. The molecule has 1 aliphatic carbocycles. The van der Waals surface area contributed by atoms with Gasteiger partial charge in [0.15, 0.2) is 0 Å². The third-order valence-electron chi connectivity index (χ3n) is 6.81. The zero-order chi connectivity index (χ0) is 18.8. The molecule has 0 unspecified atom stereocenters. The number of benzene rings is 1. The number of aromatic nitrogens is 2. The van der Waals surface area contributed by atoms with Crippen LogP contribution in [-0.2, 0) is 19.4 Å². The fourth-order valence-corrected chi connectivity index (χ4v) is 4.88. The van der Waals surface area contributed by atoms with Gasteiger partial charge in [0, 0.05) is 63.8 Å². The van der Waals surface area contributed by atoms with Crippen LogP contribution in [0.4, 0.5) is 5.82 Å². The summed E-state index contributed by atoms with van der Waals surface area (Å²) in [6.07, 6.45) is 8.10. The molecule has 1 aromatic heterocycles. The van der Waals surface area contributed by atoms with Crippen LogP contribution in [0.15, 0.2) is 36.7 Å². The molecule has 0 spiro atoms. The summed E-state index contributed by atoms with van der Waals surface area (Å²) in [6.45, 7) is 7.77. The molecule has 0 N–H and O–H groups in total. The number of piperazine rings is 1. The Morgan fingerprint density at radius 2 is 1.64 bits per heavy atom. The first-order valence-corrected chi connectivity index (χ1v) is 10.9. The van der Waals surface area contributed by atoms with Crippen molar-refractivity contribution in [3.63, 3.8) is 0 Å². The highest BCUT2D eigenvalue weighted by molar-refractivity contribution is 5.50. The zero-order valence-electron chi connectivity index (χ0n) is 16.8. The van der Waals surface area contributed by atoms with Crippen molar-refractivity contribution in [3.8, 4) is 0 Å². The molecule has 2 aliphatic heterocycles. The van der Waals surface area contributed by atoms with Crippen molar-refractivity contribution in [3.05, 3.63) is 53.5 Å². The molecule has 1 saturated carbocycles. The van der Waals surface area contributed by atoms with Crippen LogP contribution in [0, 0.1) is 0 Å². The van der Waals surface area contributed by atoms with E-state index in [4.69, 9.17) is 4.98 Å². The zero-order valence-corrected chi connectivity index (χ0v) is 16.8. The summed E-state index contributed by atoms with van der Waals surface area (Å²) in [7, 11) is 0. The number of rotatable bonds is 4. The first-order valence-electron chi connectivity index (χ1n) is 10.9. The average molecular weight is 378 g/mol. The number of nitrogens with zero attached hydrogens (tertiary/aromatic N) is 5. The van der Waals surface area contributed by atoms with E-state index in [1.165, 1.54) is 55.0 Å². The molecule has 0 bridgehead atoms. The van der Waals surface area contributed by atoms with Crippen molar-refractivity contribution in [2.24, 2.45) is 0 Å². The van der Waals surface area contributed by atoms with Gasteiger partial charge >= 0.3 is 0 Å². The van der Waals surface area contributed by atoms with Gasteiger partial charge in [-0.05, 0) is 24.8 Å². The quantitative estimate of drug-likeness (QED) is 0.819. The Balaban J connectivity index is 1.26. The third-order valence-corrected chi connectivity index (χ3v) is 6.81. The van der Waals surface area contributed by atoms with E-state index < -0.39 is 0 Å². The summed E-state index contributed by atoms with van der Waals surface area (Å²) >= 11 is 0. The van der Waals surface area contributed by atoms with Crippen LogP contribution in [0.1, 0.15) is 36.1 Å². The lowest BCUT2D eigenvalue weighted by atomic mass is 9.91. The number of hydrogen-bond acceptors (Lipinski definition) is 5. The average Bonchev–Trinajstić information content (AvgIpc) is 2.91. The van der Waals surface area contributed by atoms with Crippen LogP contribution in [0.5, 0.6) is 0 Å². The Bertz CT molecular complexity index is 781. The number of fused-ring (bicyclic) bond motifs is 1. The molecule has 0 radical (unpaired) electrons. The van der Waals surface area contributed by atoms with Crippen molar-refractivity contribution in [2.75, 3.05) is 44.2 Å². The maximum atomic E-state index is 4.75. The van der Waals surface area contributed by atoms with Gasteiger partial charge in [-0.3, -0.25) is 9.80 Å². The van der Waals surface area contributed by atoms with Crippen molar-refractivity contribution in [2.45, 2.75) is 44.7 Å². The first-order chi connectivity index (χ1) is 13.9.